The molecule has 35 heavy (non-hydrogen) atoms. The molecule has 0 bridgehead atoms. The number of carbonyl (C=O) groups is 1. The number of sulfonamides is 1. The number of rotatable bonds is 4. The van der Waals surface area contributed by atoms with Gasteiger partial charge in [0.15, 0.2) is 11.6 Å². The van der Waals surface area contributed by atoms with Gasteiger partial charge in [0.2, 0.25) is 0 Å². The molecular weight excluding hydrogens is 462 g/mol. The van der Waals surface area contributed by atoms with E-state index < -0.39 is 10.0 Å². The van der Waals surface area contributed by atoms with Crippen molar-refractivity contribution in [2.75, 3.05) is 41.3 Å². The Balaban J connectivity index is 1.47. The standard InChI is InChI=1S/C26H25N5O3S/c1-29-17-8-18-31(25-24(29)27-22-11-6-7-12-23(22)28-25)26(32)19-13-15-21(16-14-19)35(33,34)30(2)20-9-4-3-5-10-20/h3-7,9-16H,8,17-18H2,1-2H3. The zero-order valence-electron chi connectivity index (χ0n) is 19.5. The van der Waals surface area contributed by atoms with E-state index in [4.69, 9.17) is 9.97 Å². The number of nitrogens with zero attached hydrogens (tertiary/aromatic N) is 5. The van der Waals surface area contributed by atoms with Crippen molar-refractivity contribution in [3.05, 3.63) is 84.4 Å². The number of carbonyl (C=O) groups excluding carboxylic acids is 1. The Labute approximate surface area is 204 Å². The van der Waals surface area contributed by atoms with Crippen LogP contribution in [-0.2, 0) is 10.0 Å². The number of hydrogen-bond donors (Lipinski definition) is 0. The Kier molecular flexibility index (Phi) is 5.86. The fourth-order valence-electron chi connectivity index (χ4n) is 4.15. The van der Waals surface area contributed by atoms with E-state index in [1.807, 2.05) is 42.3 Å². The zero-order chi connectivity index (χ0) is 24.6. The van der Waals surface area contributed by atoms with Crippen LogP contribution < -0.4 is 14.1 Å². The molecule has 1 amide bonds. The Morgan fingerprint density at radius 2 is 1.43 bits per heavy atom. The van der Waals surface area contributed by atoms with Gasteiger partial charge in [-0.2, -0.15) is 0 Å². The van der Waals surface area contributed by atoms with E-state index in [0.717, 1.165) is 18.5 Å². The SMILES string of the molecule is CN1CCCN(C(=O)c2ccc(S(=O)(=O)N(C)c3ccccc3)cc2)c2nc3ccccc3nc21. The molecule has 8 nitrogen and oxygen atoms in total. The van der Waals surface area contributed by atoms with Gasteiger partial charge in [-0.1, -0.05) is 30.3 Å². The largest absolute Gasteiger partial charge is 0.357 e. The van der Waals surface area contributed by atoms with Crippen molar-refractivity contribution >= 4 is 44.3 Å². The maximum absolute atomic E-state index is 13.6. The van der Waals surface area contributed by atoms with Gasteiger partial charge in [-0.15, -0.1) is 0 Å². The van der Waals surface area contributed by atoms with E-state index in [1.54, 1.807) is 41.3 Å². The normalized spacial score (nSPS) is 13.9. The summed E-state index contributed by atoms with van der Waals surface area (Å²) in [6, 6.07) is 22.5. The first kappa shape index (κ1) is 22.8. The number of benzene rings is 3. The van der Waals surface area contributed by atoms with Crippen molar-refractivity contribution in [2.24, 2.45) is 0 Å². The summed E-state index contributed by atoms with van der Waals surface area (Å²) in [4.78, 5) is 26.8. The molecule has 0 saturated carbocycles. The summed E-state index contributed by atoms with van der Waals surface area (Å²) in [5.41, 5.74) is 2.43. The van der Waals surface area contributed by atoms with E-state index in [2.05, 4.69) is 0 Å². The Bertz CT molecular complexity index is 1490. The van der Waals surface area contributed by atoms with Crippen LogP contribution in [0, 0.1) is 0 Å². The first-order valence-electron chi connectivity index (χ1n) is 11.3. The molecule has 1 aromatic heterocycles. The van der Waals surface area contributed by atoms with E-state index in [9.17, 15) is 13.2 Å². The number of para-hydroxylation sites is 3. The molecule has 0 saturated heterocycles. The summed E-state index contributed by atoms with van der Waals surface area (Å²) in [5, 5.41) is 0. The zero-order valence-corrected chi connectivity index (χ0v) is 20.3. The van der Waals surface area contributed by atoms with Crippen LogP contribution in [-0.4, -0.2) is 51.5 Å². The Morgan fingerprint density at radius 1 is 0.829 bits per heavy atom. The molecule has 178 valence electrons. The van der Waals surface area contributed by atoms with Crippen molar-refractivity contribution in [3.63, 3.8) is 0 Å². The highest BCUT2D eigenvalue weighted by Gasteiger charge is 2.28. The Morgan fingerprint density at radius 3 is 2.09 bits per heavy atom. The topological polar surface area (TPSA) is 86.7 Å². The molecule has 9 heteroatoms. The number of hydrogen-bond acceptors (Lipinski definition) is 6. The molecule has 0 atom stereocenters. The second-order valence-electron chi connectivity index (χ2n) is 8.42. The molecular formula is C26H25N5O3S. The summed E-state index contributed by atoms with van der Waals surface area (Å²) < 4.78 is 27.4. The van der Waals surface area contributed by atoms with Crippen LogP contribution in [0.15, 0.2) is 83.8 Å². The first-order valence-corrected chi connectivity index (χ1v) is 12.7. The Hall–Kier alpha value is -3.98. The van der Waals surface area contributed by atoms with E-state index in [-0.39, 0.29) is 10.8 Å². The molecule has 0 N–H and O–H groups in total. The number of anilines is 3. The lowest BCUT2D eigenvalue weighted by molar-refractivity contribution is 0.0986. The smallest absolute Gasteiger partial charge is 0.264 e. The van der Waals surface area contributed by atoms with Gasteiger partial charge >= 0.3 is 0 Å². The lowest BCUT2D eigenvalue weighted by atomic mass is 10.2. The summed E-state index contributed by atoms with van der Waals surface area (Å²) in [6.07, 6.45) is 0.755. The van der Waals surface area contributed by atoms with Crippen LogP contribution >= 0.6 is 0 Å². The molecule has 5 rings (SSSR count). The first-order chi connectivity index (χ1) is 16.9. The van der Waals surface area contributed by atoms with Crippen LogP contribution in [0.2, 0.25) is 0 Å². The van der Waals surface area contributed by atoms with Gasteiger partial charge in [-0.25, -0.2) is 18.4 Å². The van der Waals surface area contributed by atoms with Crippen molar-refractivity contribution in [1.82, 2.24) is 9.97 Å². The maximum atomic E-state index is 13.6. The second kappa shape index (κ2) is 8.99. The maximum Gasteiger partial charge on any atom is 0.264 e. The highest BCUT2D eigenvalue weighted by atomic mass is 32.2. The second-order valence-corrected chi connectivity index (χ2v) is 10.4. The van der Waals surface area contributed by atoms with E-state index in [1.165, 1.54) is 23.5 Å². The molecule has 4 aromatic rings. The van der Waals surface area contributed by atoms with Crippen molar-refractivity contribution in [1.29, 1.82) is 0 Å². The molecule has 0 aliphatic carbocycles. The number of fused-ring (bicyclic) bond motifs is 2. The monoisotopic (exact) mass is 487 g/mol. The molecule has 3 aromatic carbocycles. The van der Waals surface area contributed by atoms with Gasteiger partial charge in [0.1, 0.15) is 0 Å². The van der Waals surface area contributed by atoms with Crippen LogP contribution in [0.1, 0.15) is 16.8 Å². The minimum absolute atomic E-state index is 0.113. The molecule has 0 unspecified atom stereocenters. The lowest BCUT2D eigenvalue weighted by Gasteiger charge is -2.23. The minimum atomic E-state index is -3.77. The van der Waals surface area contributed by atoms with Crippen LogP contribution in [0.4, 0.5) is 17.3 Å². The average Bonchev–Trinajstić information content (AvgIpc) is 3.05. The highest BCUT2D eigenvalue weighted by Crippen LogP contribution is 2.31. The fraction of sp³-hybridized carbons (Fsp3) is 0.192. The van der Waals surface area contributed by atoms with Crippen molar-refractivity contribution in [2.45, 2.75) is 11.3 Å². The third-order valence-corrected chi connectivity index (χ3v) is 7.95. The van der Waals surface area contributed by atoms with Crippen molar-refractivity contribution < 1.29 is 13.2 Å². The highest BCUT2D eigenvalue weighted by molar-refractivity contribution is 7.92. The van der Waals surface area contributed by atoms with E-state index in [0.29, 0.717) is 34.9 Å². The predicted octanol–water partition coefficient (Wildman–Crippen LogP) is 3.94. The quantitative estimate of drug-likeness (QED) is 0.433. The molecule has 1 aliphatic heterocycles. The molecule has 2 heterocycles. The fourth-order valence-corrected chi connectivity index (χ4v) is 5.35. The summed E-state index contributed by atoms with van der Waals surface area (Å²) in [7, 11) is -0.311. The molecule has 1 aliphatic rings. The summed E-state index contributed by atoms with van der Waals surface area (Å²) in [6.45, 7) is 1.23. The number of amides is 1. The minimum Gasteiger partial charge on any atom is -0.357 e. The summed E-state index contributed by atoms with van der Waals surface area (Å²) >= 11 is 0. The van der Waals surface area contributed by atoms with E-state index >= 15 is 0 Å². The van der Waals surface area contributed by atoms with Crippen LogP contribution in [0.3, 0.4) is 0 Å². The van der Waals surface area contributed by atoms with Gasteiger partial charge in [0, 0.05) is 32.7 Å². The third kappa shape index (κ3) is 4.19. The predicted molar refractivity (Wildman–Crippen MR) is 138 cm³/mol. The average molecular weight is 488 g/mol. The van der Waals surface area contributed by atoms with Crippen molar-refractivity contribution in [3.8, 4) is 0 Å². The van der Waals surface area contributed by atoms with Gasteiger partial charge < -0.3 is 4.90 Å². The number of aromatic nitrogens is 2. The van der Waals surface area contributed by atoms with Gasteiger partial charge in [-0.3, -0.25) is 14.0 Å². The van der Waals surface area contributed by atoms with Gasteiger partial charge in [0.25, 0.3) is 15.9 Å². The lowest BCUT2D eigenvalue weighted by Crippen LogP contribution is -2.32. The van der Waals surface area contributed by atoms with Gasteiger partial charge in [-0.05, 0) is 55.0 Å². The van der Waals surface area contributed by atoms with Crippen LogP contribution in [0.5, 0.6) is 0 Å². The van der Waals surface area contributed by atoms with Gasteiger partial charge in [0.05, 0.1) is 21.6 Å². The summed E-state index contributed by atoms with van der Waals surface area (Å²) in [5.74, 6) is 0.916. The third-order valence-electron chi connectivity index (χ3n) is 6.15. The molecule has 0 spiro atoms. The molecule has 0 radical (unpaired) electrons. The molecule has 0 fully saturated rings. The van der Waals surface area contributed by atoms with Crippen LogP contribution in [0.25, 0.3) is 11.0 Å².